The summed E-state index contributed by atoms with van der Waals surface area (Å²) < 4.78 is 0. The number of rotatable bonds is 3. The van der Waals surface area contributed by atoms with Crippen molar-refractivity contribution >= 4 is 40.8 Å². The Labute approximate surface area is 102 Å². The summed E-state index contributed by atoms with van der Waals surface area (Å²) in [5, 5.41) is 11.8. The smallest absolute Gasteiger partial charge is 0.325 e. The molecule has 0 bridgehead atoms. The standard InChI is InChI=1S/C9H9Cl2N3O2/c10-5-2-1-3-6(11)8(5)14-9(12)13-4-7(15)16/h1-3H,4H2,(H,15,16)(H3,12,13,14). The van der Waals surface area contributed by atoms with Crippen LogP contribution < -0.4 is 11.1 Å². The highest BCUT2D eigenvalue weighted by Gasteiger charge is 2.06. The highest BCUT2D eigenvalue weighted by molar-refractivity contribution is 6.39. The number of benzene rings is 1. The Kier molecular flexibility index (Phi) is 4.39. The van der Waals surface area contributed by atoms with Crippen LogP contribution >= 0.6 is 23.2 Å². The normalized spacial score (nSPS) is 11.2. The first-order valence-corrected chi connectivity index (χ1v) is 4.99. The van der Waals surface area contributed by atoms with Gasteiger partial charge in [0.1, 0.15) is 6.54 Å². The summed E-state index contributed by atoms with van der Waals surface area (Å²) in [6.45, 7) is -0.416. The number of para-hydroxylation sites is 1. The molecule has 0 amide bonds. The van der Waals surface area contributed by atoms with Gasteiger partial charge in [0, 0.05) is 0 Å². The Morgan fingerprint density at radius 1 is 1.44 bits per heavy atom. The van der Waals surface area contributed by atoms with Crippen molar-refractivity contribution in [3.05, 3.63) is 28.2 Å². The van der Waals surface area contributed by atoms with Gasteiger partial charge in [-0.05, 0) is 12.1 Å². The SMILES string of the molecule is NC(=NCC(=O)O)Nc1c(Cl)cccc1Cl. The molecule has 0 aromatic heterocycles. The molecule has 1 aromatic rings. The molecule has 0 aliphatic heterocycles. The van der Waals surface area contributed by atoms with Gasteiger partial charge < -0.3 is 16.2 Å². The highest BCUT2D eigenvalue weighted by Crippen LogP contribution is 2.29. The van der Waals surface area contributed by atoms with Gasteiger partial charge in [0.25, 0.3) is 0 Å². The molecule has 0 fully saturated rings. The molecule has 0 radical (unpaired) electrons. The summed E-state index contributed by atoms with van der Waals surface area (Å²) >= 11 is 11.7. The molecule has 0 spiro atoms. The number of aliphatic carboxylic acids is 1. The van der Waals surface area contributed by atoms with Crippen molar-refractivity contribution in [3.8, 4) is 0 Å². The van der Waals surface area contributed by atoms with Gasteiger partial charge in [-0.25, -0.2) is 4.99 Å². The molecule has 7 heteroatoms. The Balaban J connectivity index is 2.80. The average molecular weight is 262 g/mol. The monoisotopic (exact) mass is 261 g/mol. The number of aliphatic imine (C=N–C) groups is 1. The lowest BCUT2D eigenvalue weighted by molar-refractivity contribution is -0.135. The molecule has 0 aliphatic carbocycles. The van der Waals surface area contributed by atoms with Gasteiger partial charge in [-0.15, -0.1) is 0 Å². The molecule has 86 valence electrons. The van der Waals surface area contributed by atoms with Crippen LogP contribution in [0.15, 0.2) is 23.2 Å². The third-order valence-electron chi connectivity index (χ3n) is 1.60. The highest BCUT2D eigenvalue weighted by atomic mass is 35.5. The maximum Gasteiger partial charge on any atom is 0.325 e. The molecule has 0 heterocycles. The minimum Gasteiger partial charge on any atom is -0.480 e. The number of nitrogens with zero attached hydrogens (tertiary/aromatic N) is 1. The Bertz CT molecular complexity index is 415. The van der Waals surface area contributed by atoms with Crippen molar-refractivity contribution in [2.75, 3.05) is 11.9 Å². The van der Waals surface area contributed by atoms with Gasteiger partial charge in [-0.3, -0.25) is 4.79 Å². The molecule has 0 aliphatic rings. The lowest BCUT2D eigenvalue weighted by Gasteiger charge is -2.08. The van der Waals surface area contributed by atoms with Gasteiger partial charge in [0.15, 0.2) is 5.96 Å². The van der Waals surface area contributed by atoms with Crippen molar-refractivity contribution in [1.82, 2.24) is 0 Å². The first kappa shape index (κ1) is 12.6. The number of hydrogen-bond donors (Lipinski definition) is 3. The lowest BCUT2D eigenvalue weighted by atomic mass is 10.3. The zero-order chi connectivity index (χ0) is 12.1. The average Bonchev–Trinajstić information content (AvgIpc) is 2.21. The minimum absolute atomic E-state index is 0.0580. The maximum absolute atomic E-state index is 10.2. The molecular formula is C9H9Cl2N3O2. The van der Waals surface area contributed by atoms with Crippen LogP contribution in [0.2, 0.25) is 10.0 Å². The second-order valence-corrected chi connectivity index (χ2v) is 3.63. The predicted octanol–water partition coefficient (Wildman–Crippen LogP) is 1.80. The number of carboxylic acids is 1. The second-order valence-electron chi connectivity index (χ2n) is 2.82. The van der Waals surface area contributed by atoms with E-state index < -0.39 is 12.5 Å². The van der Waals surface area contributed by atoms with E-state index in [1.807, 2.05) is 0 Å². The van der Waals surface area contributed by atoms with Gasteiger partial charge >= 0.3 is 5.97 Å². The van der Waals surface area contributed by atoms with Crippen LogP contribution in [-0.4, -0.2) is 23.6 Å². The van der Waals surface area contributed by atoms with Gasteiger partial charge in [-0.2, -0.15) is 0 Å². The largest absolute Gasteiger partial charge is 0.480 e. The van der Waals surface area contributed by atoms with Crippen LogP contribution in [0.4, 0.5) is 5.69 Å². The number of halogens is 2. The summed E-state index contributed by atoms with van der Waals surface area (Å²) in [5.74, 6) is -1.13. The number of guanidine groups is 1. The summed E-state index contributed by atoms with van der Waals surface area (Å²) in [6, 6.07) is 4.93. The molecule has 0 saturated carbocycles. The molecule has 0 atom stereocenters. The lowest BCUT2D eigenvalue weighted by Crippen LogP contribution is -2.24. The fraction of sp³-hybridized carbons (Fsp3) is 0.111. The molecule has 16 heavy (non-hydrogen) atoms. The van der Waals surface area contributed by atoms with Crippen molar-refractivity contribution in [3.63, 3.8) is 0 Å². The van der Waals surface area contributed by atoms with Crippen LogP contribution in [0, 0.1) is 0 Å². The third-order valence-corrected chi connectivity index (χ3v) is 2.23. The third kappa shape index (κ3) is 3.60. The van der Waals surface area contributed by atoms with Gasteiger partial charge in [0.05, 0.1) is 15.7 Å². The summed E-state index contributed by atoms with van der Waals surface area (Å²) in [5.41, 5.74) is 5.85. The van der Waals surface area contributed by atoms with E-state index in [0.29, 0.717) is 15.7 Å². The van der Waals surface area contributed by atoms with Crippen LogP contribution in [0.1, 0.15) is 0 Å². The van der Waals surface area contributed by atoms with Crippen molar-refractivity contribution < 1.29 is 9.90 Å². The summed E-state index contributed by atoms with van der Waals surface area (Å²) in [7, 11) is 0. The maximum atomic E-state index is 10.2. The Hall–Kier alpha value is -1.46. The van der Waals surface area contributed by atoms with Gasteiger partial charge in [0.2, 0.25) is 0 Å². The number of nitrogens with one attached hydrogen (secondary N) is 1. The number of hydrogen-bond acceptors (Lipinski definition) is 2. The molecule has 0 saturated heterocycles. The van der Waals surface area contributed by atoms with Crippen LogP contribution in [0.25, 0.3) is 0 Å². The molecule has 1 aromatic carbocycles. The van der Waals surface area contributed by atoms with Crippen LogP contribution in [0.3, 0.4) is 0 Å². The molecule has 1 rings (SSSR count). The van der Waals surface area contributed by atoms with Crippen molar-refractivity contribution in [2.45, 2.75) is 0 Å². The van der Waals surface area contributed by atoms with E-state index >= 15 is 0 Å². The minimum atomic E-state index is -1.07. The van der Waals surface area contributed by atoms with E-state index in [9.17, 15) is 4.79 Å². The number of anilines is 1. The number of carbonyl (C=O) groups is 1. The first-order chi connectivity index (χ1) is 7.50. The van der Waals surface area contributed by atoms with E-state index in [2.05, 4.69) is 10.3 Å². The quantitative estimate of drug-likeness (QED) is 0.572. The zero-order valence-corrected chi connectivity index (χ0v) is 9.59. The summed E-state index contributed by atoms with van der Waals surface area (Å²) in [4.78, 5) is 13.8. The molecular weight excluding hydrogens is 253 g/mol. The number of nitrogens with two attached hydrogens (primary N) is 1. The Morgan fingerprint density at radius 3 is 2.50 bits per heavy atom. The van der Waals surface area contributed by atoms with Crippen LogP contribution in [0.5, 0.6) is 0 Å². The van der Waals surface area contributed by atoms with Gasteiger partial charge in [-0.1, -0.05) is 29.3 Å². The topological polar surface area (TPSA) is 87.7 Å². The van der Waals surface area contributed by atoms with Crippen molar-refractivity contribution in [2.24, 2.45) is 10.7 Å². The summed E-state index contributed by atoms with van der Waals surface area (Å²) in [6.07, 6.45) is 0. The Morgan fingerprint density at radius 2 is 2.00 bits per heavy atom. The molecule has 5 nitrogen and oxygen atoms in total. The van der Waals surface area contributed by atoms with Crippen LogP contribution in [-0.2, 0) is 4.79 Å². The van der Waals surface area contributed by atoms with E-state index in [4.69, 9.17) is 34.0 Å². The first-order valence-electron chi connectivity index (χ1n) is 4.23. The number of carboxylic acid groups (broad SMARTS) is 1. The van der Waals surface area contributed by atoms with E-state index in [1.54, 1.807) is 18.2 Å². The van der Waals surface area contributed by atoms with E-state index in [1.165, 1.54) is 0 Å². The van der Waals surface area contributed by atoms with E-state index in [-0.39, 0.29) is 5.96 Å². The molecule has 0 unspecified atom stereocenters. The predicted molar refractivity (Wildman–Crippen MR) is 64.2 cm³/mol. The molecule has 4 N–H and O–H groups in total. The zero-order valence-electron chi connectivity index (χ0n) is 8.08. The van der Waals surface area contributed by atoms with Crippen molar-refractivity contribution in [1.29, 1.82) is 0 Å². The fourth-order valence-corrected chi connectivity index (χ4v) is 1.43. The second kappa shape index (κ2) is 5.58. The fourth-order valence-electron chi connectivity index (χ4n) is 0.938. The van der Waals surface area contributed by atoms with E-state index in [0.717, 1.165) is 0 Å².